The topological polar surface area (TPSA) is 90.7 Å². The molecule has 1 heterocycles. The van der Waals surface area contributed by atoms with Gasteiger partial charge in [-0.1, -0.05) is 20.8 Å². The average Bonchev–Trinajstić information content (AvgIpc) is 3.02. The van der Waals surface area contributed by atoms with Crippen LogP contribution in [0.25, 0.3) is 11.4 Å². The van der Waals surface area contributed by atoms with Gasteiger partial charge in [0.15, 0.2) is 5.82 Å². The van der Waals surface area contributed by atoms with Crippen molar-refractivity contribution in [3.05, 3.63) is 24.3 Å². The molecule has 7 nitrogen and oxygen atoms in total. The van der Waals surface area contributed by atoms with Gasteiger partial charge in [-0.15, -0.1) is 4.40 Å². The second kappa shape index (κ2) is 6.86. The maximum absolute atomic E-state index is 12.4. The van der Waals surface area contributed by atoms with Crippen molar-refractivity contribution in [2.75, 3.05) is 14.2 Å². The van der Waals surface area contributed by atoms with E-state index in [2.05, 4.69) is 13.8 Å². The molecule has 0 unspecified atom stereocenters. The molecule has 0 aliphatic rings. The van der Waals surface area contributed by atoms with Crippen molar-refractivity contribution in [2.45, 2.75) is 25.1 Å². The molecule has 0 saturated heterocycles. The summed E-state index contributed by atoms with van der Waals surface area (Å²) in [6.07, 6.45) is 0. The van der Waals surface area contributed by atoms with Crippen molar-refractivity contribution in [3.63, 3.8) is 0 Å². The van der Waals surface area contributed by atoms with Crippen molar-refractivity contribution in [1.29, 1.82) is 0 Å². The highest BCUT2D eigenvalue weighted by Crippen LogP contribution is 2.25. The molecule has 9 heteroatoms. The summed E-state index contributed by atoms with van der Waals surface area (Å²) in [5.41, 5.74) is 0.158. The van der Waals surface area contributed by atoms with E-state index in [0.717, 1.165) is 11.5 Å². The minimum Gasteiger partial charge on any atom is -0.497 e. The number of sulfonamides is 1. The first-order valence-corrected chi connectivity index (χ1v) is 9.26. The Hall–Kier alpha value is -2.00. The summed E-state index contributed by atoms with van der Waals surface area (Å²) in [6, 6.07) is 7.03. The normalized spacial score (nSPS) is 13.0. The van der Waals surface area contributed by atoms with E-state index in [1.165, 1.54) is 7.11 Å². The van der Waals surface area contributed by atoms with Crippen LogP contribution in [0.15, 0.2) is 33.0 Å². The highest BCUT2D eigenvalue weighted by Gasteiger charge is 2.27. The third kappa shape index (κ3) is 4.09. The van der Waals surface area contributed by atoms with Crippen molar-refractivity contribution in [1.82, 2.24) is 9.36 Å². The van der Waals surface area contributed by atoms with Gasteiger partial charge in [0.05, 0.1) is 14.2 Å². The summed E-state index contributed by atoms with van der Waals surface area (Å²) in [5, 5.41) is 0. The van der Waals surface area contributed by atoms with Gasteiger partial charge >= 0.3 is 10.0 Å². The highest BCUT2D eigenvalue weighted by molar-refractivity contribution is 7.92. The highest BCUT2D eigenvalue weighted by atomic mass is 32.2. The van der Waals surface area contributed by atoms with E-state index in [4.69, 9.17) is 9.47 Å². The predicted octanol–water partition coefficient (Wildman–Crippen LogP) is 2.99. The van der Waals surface area contributed by atoms with Crippen molar-refractivity contribution in [2.24, 2.45) is 9.81 Å². The molecule has 0 aliphatic heterocycles. The van der Waals surface area contributed by atoms with Crippen LogP contribution in [0.3, 0.4) is 0 Å². The molecule has 0 aliphatic carbocycles. The van der Waals surface area contributed by atoms with E-state index in [1.54, 1.807) is 31.4 Å². The lowest BCUT2D eigenvalue weighted by Gasteiger charge is -2.18. The Morgan fingerprint density at radius 2 is 1.79 bits per heavy atom. The van der Waals surface area contributed by atoms with E-state index in [1.807, 2.05) is 20.8 Å². The van der Waals surface area contributed by atoms with Crippen LogP contribution in [0.5, 0.6) is 5.75 Å². The van der Waals surface area contributed by atoms with Crippen molar-refractivity contribution >= 4 is 27.5 Å². The second-order valence-corrected chi connectivity index (χ2v) is 8.47. The standard InChI is InChI=1S/C15H19N3O4S2/c1-15(2,3)13(22-5)18-24(19,20)14-16-12(17-23-14)10-6-8-11(21-4)9-7-10/h6-9H,1-5H3/b18-13-. The number of benzene rings is 1. The monoisotopic (exact) mass is 369 g/mol. The van der Waals surface area contributed by atoms with Crippen LogP contribution in [0.4, 0.5) is 0 Å². The van der Waals surface area contributed by atoms with Crippen LogP contribution in [0.1, 0.15) is 20.8 Å². The fourth-order valence-corrected chi connectivity index (χ4v) is 3.69. The van der Waals surface area contributed by atoms with Gasteiger partial charge in [-0.05, 0) is 24.3 Å². The van der Waals surface area contributed by atoms with Gasteiger partial charge in [0.2, 0.25) is 5.90 Å². The van der Waals surface area contributed by atoms with Gasteiger partial charge in [0.1, 0.15) is 5.75 Å². The van der Waals surface area contributed by atoms with Gasteiger partial charge in [-0.3, -0.25) is 0 Å². The molecule has 130 valence electrons. The minimum absolute atomic E-state index is 0.115. The lowest BCUT2D eigenvalue weighted by molar-refractivity contribution is 0.338. The molecular formula is C15H19N3O4S2. The molecule has 0 radical (unpaired) electrons. The van der Waals surface area contributed by atoms with E-state index in [-0.39, 0.29) is 10.2 Å². The Morgan fingerprint density at radius 1 is 1.17 bits per heavy atom. The third-order valence-electron chi connectivity index (χ3n) is 3.01. The molecule has 0 spiro atoms. The van der Waals surface area contributed by atoms with Crippen LogP contribution < -0.4 is 4.74 Å². The van der Waals surface area contributed by atoms with Crippen LogP contribution in [0, 0.1) is 5.41 Å². The molecular weight excluding hydrogens is 350 g/mol. The Labute approximate surface area is 145 Å². The smallest absolute Gasteiger partial charge is 0.314 e. The Bertz CT molecular complexity index is 834. The number of hydrogen-bond donors (Lipinski definition) is 0. The summed E-state index contributed by atoms with van der Waals surface area (Å²) in [4.78, 5) is 4.09. The van der Waals surface area contributed by atoms with E-state index < -0.39 is 15.4 Å². The average molecular weight is 369 g/mol. The zero-order chi connectivity index (χ0) is 18.0. The zero-order valence-electron chi connectivity index (χ0n) is 14.1. The summed E-state index contributed by atoms with van der Waals surface area (Å²) < 4.78 is 42.7. The number of hydrogen-bond acceptors (Lipinski definition) is 7. The summed E-state index contributed by atoms with van der Waals surface area (Å²) in [7, 11) is -1.01. The van der Waals surface area contributed by atoms with E-state index in [0.29, 0.717) is 17.1 Å². The first kappa shape index (κ1) is 18.3. The first-order chi connectivity index (χ1) is 11.2. The van der Waals surface area contributed by atoms with Crippen molar-refractivity contribution in [3.8, 4) is 17.1 Å². The fraction of sp³-hybridized carbons (Fsp3) is 0.400. The molecule has 0 amide bonds. The predicted molar refractivity (Wildman–Crippen MR) is 93.0 cm³/mol. The molecule has 0 N–H and O–H groups in total. The maximum atomic E-state index is 12.4. The largest absolute Gasteiger partial charge is 0.497 e. The number of rotatable bonds is 4. The Morgan fingerprint density at radius 3 is 2.29 bits per heavy atom. The minimum atomic E-state index is -3.97. The zero-order valence-corrected chi connectivity index (χ0v) is 15.7. The van der Waals surface area contributed by atoms with Crippen molar-refractivity contribution < 1.29 is 17.9 Å². The lowest BCUT2D eigenvalue weighted by Crippen LogP contribution is -2.23. The molecule has 1 aromatic carbocycles. The molecule has 0 fully saturated rings. The molecule has 2 aromatic rings. The molecule has 2 rings (SSSR count). The summed E-state index contributed by atoms with van der Waals surface area (Å²) >= 11 is 0.781. The third-order valence-corrected chi connectivity index (χ3v) is 5.32. The van der Waals surface area contributed by atoms with Gasteiger partial charge < -0.3 is 9.47 Å². The summed E-state index contributed by atoms with van der Waals surface area (Å²) in [6.45, 7) is 5.44. The van der Waals surface area contributed by atoms with E-state index in [9.17, 15) is 8.42 Å². The lowest BCUT2D eigenvalue weighted by atomic mass is 9.97. The number of nitrogens with zero attached hydrogens (tertiary/aromatic N) is 3. The SMILES string of the molecule is CO/C(=N\S(=O)(=O)c1nc(-c2ccc(OC)cc2)ns1)C(C)(C)C. The van der Waals surface area contributed by atoms with E-state index >= 15 is 0 Å². The van der Waals surface area contributed by atoms with Crippen LogP contribution in [-0.2, 0) is 14.8 Å². The van der Waals surface area contributed by atoms with Crippen LogP contribution in [-0.4, -0.2) is 37.9 Å². The molecule has 24 heavy (non-hydrogen) atoms. The van der Waals surface area contributed by atoms with Crippen LogP contribution in [0.2, 0.25) is 0 Å². The van der Waals surface area contributed by atoms with Gasteiger partial charge in [0.25, 0.3) is 4.34 Å². The first-order valence-electron chi connectivity index (χ1n) is 7.05. The van der Waals surface area contributed by atoms with Gasteiger partial charge in [-0.2, -0.15) is 12.8 Å². The Kier molecular flexibility index (Phi) is 5.24. The molecule has 0 atom stereocenters. The molecule has 0 saturated carbocycles. The number of methoxy groups -OCH3 is 2. The Balaban J connectivity index is 2.36. The molecule has 0 bridgehead atoms. The summed E-state index contributed by atoms with van der Waals surface area (Å²) in [5.74, 6) is 1.14. The second-order valence-electron chi connectivity index (χ2n) is 5.94. The number of ether oxygens (including phenoxy) is 2. The van der Waals surface area contributed by atoms with Gasteiger partial charge in [-0.25, -0.2) is 4.98 Å². The number of aromatic nitrogens is 2. The van der Waals surface area contributed by atoms with Gasteiger partial charge in [0, 0.05) is 22.5 Å². The fourth-order valence-electron chi connectivity index (χ4n) is 1.80. The molecule has 1 aromatic heterocycles. The quantitative estimate of drug-likeness (QED) is 0.608. The van der Waals surface area contributed by atoms with Crippen LogP contribution >= 0.6 is 11.5 Å². The maximum Gasteiger partial charge on any atom is 0.314 e.